The fourth-order valence-electron chi connectivity index (χ4n) is 3.69. The largest absolute Gasteiger partial charge is 0.297 e. The summed E-state index contributed by atoms with van der Waals surface area (Å²) in [6.07, 6.45) is 5.49. The maximum absolute atomic E-state index is 13.3. The van der Waals surface area contributed by atoms with E-state index in [1.807, 2.05) is 38.4 Å². The monoisotopic (exact) mass is 281 g/mol. The molecule has 1 saturated carbocycles. The Bertz CT molecular complexity index is 648. The van der Waals surface area contributed by atoms with E-state index in [-0.39, 0.29) is 5.54 Å². The summed E-state index contributed by atoms with van der Waals surface area (Å²) in [6.45, 7) is 0. The van der Waals surface area contributed by atoms with E-state index in [1.54, 1.807) is 0 Å². The standard InChI is InChI=1S/C19H23NO/c1-20(2)19(13-6-3-7-14-19)18(21)17-12-8-10-15-9-4-5-11-16(15)17/h4-5,8-12H,3,6-7,13-14H2,1-2H3. The zero-order valence-corrected chi connectivity index (χ0v) is 12.9. The maximum Gasteiger partial charge on any atom is 0.183 e. The third kappa shape index (κ3) is 2.38. The lowest BCUT2D eigenvalue weighted by Crippen LogP contribution is -2.52. The molecular weight excluding hydrogens is 258 g/mol. The molecule has 2 nitrogen and oxygen atoms in total. The predicted molar refractivity (Wildman–Crippen MR) is 87.8 cm³/mol. The van der Waals surface area contributed by atoms with Crippen LogP contribution in [0.5, 0.6) is 0 Å². The molecule has 1 aliphatic carbocycles. The molecule has 0 aromatic heterocycles. The van der Waals surface area contributed by atoms with Gasteiger partial charge in [0.2, 0.25) is 0 Å². The minimum absolute atomic E-state index is 0.295. The molecule has 0 amide bonds. The Kier molecular flexibility index (Phi) is 3.81. The zero-order chi connectivity index (χ0) is 14.9. The van der Waals surface area contributed by atoms with Gasteiger partial charge in [-0.1, -0.05) is 61.7 Å². The van der Waals surface area contributed by atoms with Gasteiger partial charge in [-0.3, -0.25) is 9.69 Å². The second-order valence-corrected chi connectivity index (χ2v) is 6.34. The number of likely N-dealkylation sites (N-methyl/N-ethyl adjacent to an activating group) is 1. The first-order valence-corrected chi connectivity index (χ1v) is 7.85. The second-order valence-electron chi connectivity index (χ2n) is 6.34. The van der Waals surface area contributed by atoms with Crippen molar-refractivity contribution >= 4 is 16.6 Å². The molecule has 0 heterocycles. The molecule has 3 rings (SSSR count). The second kappa shape index (κ2) is 5.61. The Morgan fingerprint density at radius 2 is 1.62 bits per heavy atom. The van der Waals surface area contributed by atoms with Crippen molar-refractivity contribution in [2.75, 3.05) is 14.1 Å². The number of rotatable bonds is 3. The Morgan fingerprint density at radius 3 is 2.33 bits per heavy atom. The van der Waals surface area contributed by atoms with Gasteiger partial charge in [0.25, 0.3) is 0 Å². The summed E-state index contributed by atoms with van der Waals surface area (Å²) in [4.78, 5) is 15.5. The summed E-state index contributed by atoms with van der Waals surface area (Å²) in [5.74, 6) is 0.295. The Hall–Kier alpha value is -1.67. The summed E-state index contributed by atoms with van der Waals surface area (Å²) in [6, 6.07) is 14.3. The van der Waals surface area contributed by atoms with Gasteiger partial charge < -0.3 is 0 Å². The Labute approximate surface area is 126 Å². The van der Waals surface area contributed by atoms with Crippen molar-refractivity contribution < 1.29 is 4.79 Å². The van der Waals surface area contributed by atoms with Crippen LogP contribution >= 0.6 is 0 Å². The van der Waals surface area contributed by atoms with Crippen LogP contribution in [-0.4, -0.2) is 30.3 Å². The van der Waals surface area contributed by atoms with Crippen molar-refractivity contribution in [1.82, 2.24) is 4.90 Å². The number of carbonyl (C=O) groups is 1. The van der Waals surface area contributed by atoms with Gasteiger partial charge in [0.05, 0.1) is 5.54 Å². The van der Waals surface area contributed by atoms with Gasteiger partial charge in [0.15, 0.2) is 5.78 Å². The molecule has 1 fully saturated rings. The van der Waals surface area contributed by atoms with Crippen LogP contribution in [0.3, 0.4) is 0 Å². The number of benzene rings is 2. The summed E-state index contributed by atoms with van der Waals surface area (Å²) >= 11 is 0. The minimum Gasteiger partial charge on any atom is -0.297 e. The topological polar surface area (TPSA) is 20.3 Å². The molecule has 21 heavy (non-hydrogen) atoms. The van der Waals surface area contributed by atoms with E-state index in [4.69, 9.17) is 0 Å². The highest BCUT2D eigenvalue weighted by molar-refractivity contribution is 6.12. The van der Waals surface area contributed by atoms with Gasteiger partial charge >= 0.3 is 0 Å². The fourth-order valence-corrected chi connectivity index (χ4v) is 3.69. The van der Waals surface area contributed by atoms with Crippen molar-refractivity contribution in [3.05, 3.63) is 48.0 Å². The molecule has 0 aliphatic heterocycles. The Balaban J connectivity index is 2.10. The van der Waals surface area contributed by atoms with E-state index in [0.29, 0.717) is 5.78 Å². The van der Waals surface area contributed by atoms with E-state index < -0.39 is 0 Å². The predicted octanol–water partition coefficient (Wildman–Crippen LogP) is 4.29. The highest BCUT2D eigenvalue weighted by Crippen LogP contribution is 2.36. The van der Waals surface area contributed by atoms with Gasteiger partial charge in [0, 0.05) is 5.56 Å². The van der Waals surface area contributed by atoms with Gasteiger partial charge in [-0.05, 0) is 37.7 Å². The first-order valence-electron chi connectivity index (χ1n) is 7.85. The molecule has 2 heteroatoms. The van der Waals surface area contributed by atoms with Crippen molar-refractivity contribution in [3.63, 3.8) is 0 Å². The quantitative estimate of drug-likeness (QED) is 0.782. The van der Waals surface area contributed by atoms with Crippen molar-refractivity contribution in [2.45, 2.75) is 37.6 Å². The molecule has 1 aliphatic rings. The summed E-state index contributed by atoms with van der Waals surface area (Å²) in [7, 11) is 4.10. The lowest BCUT2D eigenvalue weighted by atomic mass is 9.75. The number of hydrogen-bond acceptors (Lipinski definition) is 2. The first kappa shape index (κ1) is 14.3. The number of carbonyl (C=O) groups excluding carboxylic acids is 1. The number of hydrogen-bond donors (Lipinski definition) is 0. The summed E-state index contributed by atoms with van der Waals surface area (Å²) < 4.78 is 0. The number of ketones is 1. The third-order valence-electron chi connectivity index (χ3n) is 4.99. The fraction of sp³-hybridized carbons (Fsp3) is 0.421. The molecule has 0 atom stereocenters. The van der Waals surface area contributed by atoms with Crippen LogP contribution in [0, 0.1) is 0 Å². The molecule has 0 bridgehead atoms. The normalized spacial score (nSPS) is 18.0. The maximum atomic E-state index is 13.3. The highest BCUT2D eigenvalue weighted by atomic mass is 16.1. The Morgan fingerprint density at radius 1 is 0.952 bits per heavy atom. The molecule has 0 saturated heterocycles. The van der Waals surface area contributed by atoms with Crippen LogP contribution in [-0.2, 0) is 0 Å². The number of Topliss-reactive ketones (excluding diaryl/α,β-unsaturated/α-hetero) is 1. The molecular formula is C19H23NO. The molecule has 0 spiro atoms. The average molecular weight is 281 g/mol. The van der Waals surface area contributed by atoms with Gasteiger partial charge in [-0.25, -0.2) is 0 Å². The van der Waals surface area contributed by atoms with Crippen molar-refractivity contribution in [3.8, 4) is 0 Å². The number of nitrogens with zero attached hydrogens (tertiary/aromatic N) is 1. The first-order chi connectivity index (χ1) is 10.1. The molecule has 2 aromatic carbocycles. The van der Waals surface area contributed by atoms with Gasteiger partial charge in [-0.15, -0.1) is 0 Å². The van der Waals surface area contributed by atoms with E-state index in [0.717, 1.165) is 42.0 Å². The zero-order valence-electron chi connectivity index (χ0n) is 12.9. The molecule has 0 radical (unpaired) electrons. The lowest BCUT2D eigenvalue weighted by molar-refractivity contribution is 0.0566. The van der Waals surface area contributed by atoms with E-state index in [2.05, 4.69) is 23.1 Å². The average Bonchev–Trinajstić information content (AvgIpc) is 2.54. The van der Waals surface area contributed by atoms with E-state index in [1.165, 1.54) is 6.42 Å². The van der Waals surface area contributed by atoms with Crippen LogP contribution < -0.4 is 0 Å². The van der Waals surface area contributed by atoms with Crippen molar-refractivity contribution in [2.24, 2.45) is 0 Å². The molecule has 0 N–H and O–H groups in total. The van der Waals surface area contributed by atoms with Gasteiger partial charge in [0.1, 0.15) is 0 Å². The van der Waals surface area contributed by atoms with Crippen LogP contribution in [0.1, 0.15) is 42.5 Å². The highest BCUT2D eigenvalue weighted by Gasteiger charge is 2.42. The van der Waals surface area contributed by atoms with Gasteiger partial charge in [-0.2, -0.15) is 0 Å². The summed E-state index contributed by atoms with van der Waals surface area (Å²) in [5, 5.41) is 2.23. The van der Waals surface area contributed by atoms with E-state index in [9.17, 15) is 4.79 Å². The smallest absolute Gasteiger partial charge is 0.183 e. The van der Waals surface area contributed by atoms with Crippen LogP contribution in [0.2, 0.25) is 0 Å². The van der Waals surface area contributed by atoms with Crippen LogP contribution in [0.25, 0.3) is 10.8 Å². The third-order valence-corrected chi connectivity index (χ3v) is 4.99. The lowest BCUT2D eigenvalue weighted by Gasteiger charge is -2.41. The molecule has 110 valence electrons. The van der Waals surface area contributed by atoms with Crippen molar-refractivity contribution in [1.29, 1.82) is 0 Å². The molecule has 0 unspecified atom stereocenters. The molecule has 2 aromatic rings. The summed E-state index contributed by atoms with van der Waals surface area (Å²) in [5.41, 5.74) is 0.561. The van der Waals surface area contributed by atoms with E-state index >= 15 is 0 Å². The van der Waals surface area contributed by atoms with Crippen LogP contribution in [0.15, 0.2) is 42.5 Å². The van der Waals surface area contributed by atoms with Crippen LogP contribution in [0.4, 0.5) is 0 Å². The number of fused-ring (bicyclic) bond motifs is 1. The SMILES string of the molecule is CN(C)C1(C(=O)c2cccc3ccccc23)CCCCC1. The minimum atomic E-state index is -0.317.